The quantitative estimate of drug-likeness (QED) is 0.396. The first kappa shape index (κ1) is 19.5. The molecule has 0 spiro atoms. The summed E-state index contributed by atoms with van der Waals surface area (Å²) in [5.74, 6) is -3.07. The van der Waals surface area contributed by atoms with Gasteiger partial charge in [-0.25, -0.2) is 18.6 Å². The number of hydrogen-bond acceptors (Lipinski definition) is 2. The lowest BCUT2D eigenvalue weighted by Crippen LogP contribution is -2.25. The Morgan fingerprint density at radius 3 is 2.37 bits per heavy atom. The van der Waals surface area contributed by atoms with Crippen molar-refractivity contribution < 1.29 is 26.7 Å². The predicted molar refractivity (Wildman–Crippen MR) is 97.7 cm³/mol. The first-order valence-electron chi connectivity index (χ1n) is 8.56. The maximum atomic E-state index is 14.6. The third-order valence-electron chi connectivity index (χ3n) is 4.63. The van der Waals surface area contributed by atoms with Crippen LogP contribution in [0.1, 0.15) is 10.6 Å². The van der Waals surface area contributed by atoms with Crippen LogP contribution in [0.3, 0.4) is 0 Å². The molecule has 2 heterocycles. The van der Waals surface area contributed by atoms with E-state index >= 15 is 0 Å². The van der Waals surface area contributed by atoms with Gasteiger partial charge >= 0.3 is 6.18 Å². The second-order valence-electron chi connectivity index (χ2n) is 6.53. The summed E-state index contributed by atoms with van der Waals surface area (Å²) in [5, 5.41) is 0. The molecule has 0 bridgehead atoms. The molecule has 0 unspecified atom stereocenters. The number of carbonyl (C=O) groups is 1. The number of fused-ring (bicyclic) bond motifs is 1. The number of alkyl halides is 3. The molecule has 0 fully saturated rings. The molecule has 2 aromatic carbocycles. The van der Waals surface area contributed by atoms with Crippen LogP contribution in [0.15, 0.2) is 54.1 Å². The van der Waals surface area contributed by atoms with Crippen molar-refractivity contribution >= 4 is 11.6 Å². The highest BCUT2D eigenvalue weighted by Crippen LogP contribution is 2.39. The summed E-state index contributed by atoms with van der Waals surface area (Å²) >= 11 is 0. The fraction of sp³-hybridized carbons (Fsp3) is 0.0952. The molecule has 0 amide bonds. The van der Waals surface area contributed by atoms with Gasteiger partial charge in [-0.3, -0.25) is 9.36 Å². The first-order valence-corrected chi connectivity index (χ1v) is 8.56. The zero-order chi connectivity index (χ0) is 21.6. The van der Waals surface area contributed by atoms with E-state index in [0.717, 1.165) is 16.7 Å². The molecule has 150 valence electrons. The van der Waals surface area contributed by atoms with Gasteiger partial charge in [-0.15, -0.1) is 0 Å². The lowest BCUT2D eigenvalue weighted by Gasteiger charge is -2.18. The van der Waals surface area contributed by atoms with Crippen LogP contribution in [-0.2, 0) is 6.42 Å². The molecular weight excluding hydrogens is 405 g/mol. The Hall–Kier alpha value is -3.80. The van der Waals surface area contributed by atoms with Crippen molar-refractivity contribution in [1.29, 1.82) is 0 Å². The largest absolute Gasteiger partial charge is 0.413 e. The van der Waals surface area contributed by atoms with Crippen LogP contribution in [0.25, 0.3) is 27.4 Å². The van der Waals surface area contributed by atoms with Crippen molar-refractivity contribution in [3.8, 4) is 22.5 Å². The molecule has 0 atom stereocenters. The van der Waals surface area contributed by atoms with Crippen molar-refractivity contribution in [2.45, 2.75) is 12.6 Å². The molecule has 1 aliphatic rings. The molecule has 1 aromatic heterocycles. The van der Waals surface area contributed by atoms with Crippen molar-refractivity contribution in [2.75, 3.05) is 0 Å². The highest BCUT2D eigenvalue weighted by atomic mass is 19.4. The Kier molecular flexibility index (Phi) is 4.50. The second kappa shape index (κ2) is 6.91. The Labute approximate surface area is 166 Å². The van der Waals surface area contributed by atoms with Gasteiger partial charge in [-0.2, -0.15) is 13.2 Å². The van der Waals surface area contributed by atoms with Crippen LogP contribution < -0.4 is 0 Å². The second-order valence-corrected chi connectivity index (χ2v) is 6.53. The molecule has 0 aliphatic carbocycles. The summed E-state index contributed by atoms with van der Waals surface area (Å²) in [4.78, 5) is 20.0. The van der Waals surface area contributed by atoms with Gasteiger partial charge in [0.1, 0.15) is 17.5 Å². The van der Waals surface area contributed by atoms with Crippen LogP contribution in [0, 0.1) is 18.2 Å². The smallest absolute Gasteiger partial charge is 0.269 e. The van der Waals surface area contributed by atoms with E-state index in [1.54, 1.807) is 0 Å². The minimum Gasteiger partial charge on any atom is -0.269 e. The number of aromatic nitrogens is 2. The number of imidazole rings is 1. The molecule has 0 radical (unpaired) electrons. The fourth-order valence-corrected chi connectivity index (χ4v) is 3.26. The zero-order valence-corrected chi connectivity index (χ0v) is 15.0. The van der Waals surface area contributed by atoms with Crippen LogP contribution in [0.2, 0.25) is 0 Å². The zero-order valence-electron chi connectivity index (χ0n) is 15.0. The average Bonchev–Trinajstić information content (AvgIpc) is 3.07. The van der Waals surface area contributed by atoms with Crippen molar-refractivity contribution in [3.05, 3.63) is 83.0 Å². The summed E-state index contributed by atoms with van der Waals surface area (Å²) in [6.07, 6.45) is -4.94. The number of benzene rings is 2. The Bertz CT molecular complexity index is 1250. The number of rotatable bonds is 2. The van der Waals surface area contributed by atoms with Gasteiger partial charge in [0, 0.05) is 29.7 Å². The highest BCUT2D eigenvalue weighted by Gasteiger charge is 2.39. The van der Waals surface area contributed by atoms with E-state index < -0.39 is 35.7 Å². The molecule has 4 rings (SSSR count). The molecular formula is C21H10F5N3O. The number of nitrogens with zero attached hydrogens (tertiary/aromatic N) is 3. The average molecular weight is 415 g/mol. The summed E-state index contributed by atoms with van der Waals surface area (Å²) < 4.78 is 68.4. The minimum absolute atomic E-state index is 0.0530. The summed E-state index contributed by atoms with van der Waals surface area (Å²) in [6, 6.07) is 8.62. The maximum absolute atomic E-state index is 14.6. The van der Waals surface area contributed by atoms with E-state index in [4.69, 9.17) is 6.57 Å². The van der Waals surface area contributed by atoms with E-state index in [1.807, 2.05) is 0 Å². The van der Waals surface area contributed by atoms with E-state index in [9.17, 15) is 26.7 Å². The van der Waals surface area contributed by atoms with Gasteiger partial charge < -0.3 is 0 Å². The third kappa shape index (κ3) is 3.26. The van der Waals surface area contributed by atoms with Crippen LogP contribution >= 0.6 is 0 Å². The van der Waals surface area contributed by atoms with Crippen LogP contribution in [0.5, 0.6) is 0 Å². The summed E-state index contributed by atoms with van der Waals surface area (Å²) in [5.41, 5.74) is -0.598. The van der Waals surface area contributed by atoms with Crippen molar-refractivity contribution in [2.24, 2.45) is 0 Å². The van der Waals surface area contributed by atoms with Crippen molar-refractivity contribution in [3.63, 3.8) is 0 Å². The van der Waals surface area contributed by atoms with E-state index in [0.29, 0.717) is 23.4 Å². The lowest BCUT2D eigenvalue weighted by atomic mass is 10.0. The van der Waals surface area contributed by atoms with Gasteiger partial charge in [-0.1, -0.05) is 24.3 Å². The van der Waals surface area contributed by atoms with Crippen LogP contribution in [0.4, 0.5) is 27.6 Å². The first-order chi connectivity index (χ1) is 14.2. The van der Waals surface area contributed by atoms with Crippen molar-refractivity contribution in [1.82, 2.24) is 9.55 Å². The van der Waals surface area contributed by atoms with Gasteiger partial charge in [0.25, 0.3) is 5.91 Å². The predicted octanol–water partition coefficient (Wildman–Crippen LogP) is 5.73. The Morgan fingerprint density at radius 1 is 1.07 bits per heavy atom. The van der Waals surface area contributed by atoms with E-state index in [1.165, 1.54) is 24.3 Å². The molecule has 3 aromatic rings. The van der Waals surface area contributed by atoms with Gasteiger partial charge in [0.15, 0.2) is 5.69 Å². The van der Waals surface area contributed by atoms with Gasteiger partial charge in [0.2, 0.25) is 0 Å². The lowest BCUT2D eigenvalue weighted by molar-refractivity contribution is -0.0937. The van der Waals surface area contributed by atoms with Crippen LogP contribution in [-0.4, -0.2) is 21.6 Å². The third-order valence-corrected chi connectivity index (χ3v) is 4.63. The number of allylic oxidation sites excluding steroid dienone is 2. The summed E-state index contributed by atoms with van der Waals surface area (Å²) in [7, 11) is 0. The molecule has 0 saturated heterocycles. The highest BCUT2D eigenvalue weighted by molar-refractivity contribution is 5.98. The number of halogens is 5. The molecule has 4 nitrogen and oxygen atoms in total. The molecule has 9 heteroatoms. The maximum Gasteiger partial charge on any atom is 0.413 e. The standard InChI is InChI=1S/C21H10F5N3O/c1-27-14-5-2-11(3-6-14)19-20(15-7-4-13(22)10-16(15)23)29-17(28-19)8-12(9-18(29)30)21(24,25)26/h2-7,9-10H,8H2. The topological polar surface area (TPSA) is 39.2 Å². The minimum atomic E-state index is -4.72. The Morgan fingerprint density at radius 2 is 1.77 bits per heavy atom. The normalized spacial score (nSPS) is 13.6. The van der Waals surface area contributed by atoms with E-state index in [-0.39, 0.29) is 22.8 Å². The van der Waals surface area contributed by atoms with Gasteiger partial charge in [0.05, 0.1) is 18.0 Å². The molecule has 30 heavy (non-hydrogen) atoms. The molecule has 0 saturated carbocycles. The monoisotopic (exact) mass is 415 g/mol. The number of hydrogen-bond donors (Lipinski definition) is 0. The van der Waals surface area contributed by atoms with Gasteiger partial charge in [-0.05, 0) is 17.7 Å². The summed E-state index contributed by atoms with van der Waals surface area (Å²) in [6.45, 7) is 7.02. The Balaban J connectivity index is 1.98. The molecule has 0 N–H and O–H groups in total. The fourth-order valence-electron chi connectivity index (χ4n) is 3.26. The molecule has 1 aliphatic heterocycles. The number of carbonyl (C=O) groups excluding carboxylic acids is 1. The SMILES string of the molecule is [C-]#[N+]c1ccc(-c2nc3n(c2-c2ccc(F)cc2F)C(=O)C=C(C(F)(F)F)C3)cc1. The van der Waals surface area contributed by atoms with E-state index in [2.05, 4.69) is 9.83 Å².